The second kappa shape index (κ2) is 3.89. The number of halogens is 3. The van der Waals surface area contributed by atoms with E-state index in [1.54, 1.807) is 12.1 Å². The van der Waals surface area contributed by atoms with Gasteiger partial charge in [-0.25, -0.2) is 0 Å². The lowest BCUT2D eigenvalue weighted by Crippen LogP contribution is -2.37. The highest BCUT2D eigenvalue weighted by Crippen LogP contribution is 2.38. The fourth-order valence-electron chi connectivity index (χ4n) is 1.92. The maximum Gasteiger partial charge on any atom is 0.391 e. The molecule has 15 heavy (non-hydrogen) atoms. The Kier molecular flexibility index (Phi) is 2.73. The first kappa shape index (κ1) is 10.5. The predicted octanol–water partition coefficient (Wildman–Crippen LogP) is 2.88. The lowest BCUT2D eigenvalue weighted by Gasteiger charge is -2.30. The van der Waals surface area contributed by atoms with Crippen LogP contribution in [0.1, 0.15) is 24.6 Å². The lowest BCUT2D eigenvalue weighted by molar-refractivity contribution is -0.183. The van der Waals surface area contributed by atoms with Gasteiger partial charge >= 0.3 is 6.18 Å². The smallest absolute Gasteiger partial charge is 0.391 e. The average molecular weight is 219 g/mol. The summed E-state index contributed by atoms with van der Waals surface area (Å²) in [5.74, 6) is -0.627. The van der Waals surface area contributed by atoms with Crippen LogP contribution in [-0.2, 0) is 0 Å². The molecule has 2 nitrogen and oxygen atoms in total. The van der Waals surface area contributed by atoms with Crippen molar-refractivity contribution in [1.82, 2.24) is 5.32 Å². The molecule has 0 spiro atoms. The Labute approximate surface area is 85.5 Å². The van der Waals surface area contributed by atoms with Crippen LogP contribution in [0.4, 0.5) is 13.2 Å². The van der Waals surface area contributed by atoms with Crippen molar-refractivity contribution in [2.45, 2.75) is 25.1 Å². The summed E-state index contributed by atoms with van der Waals surface area (Å²) in [5.41, 5.74) is 0. The molecule has 84 valence electrons. The van der Waals surface area contributed by atoms with Gasteiger partial charge in [-0.3, -0.25) is 0 Å². The van der Waals surface area contributed by atoms with Gasteiger partial charge in [0.05, 0.1) is 18.2 Å². The van der Waals surface area contributed by atoms with Gasteiger partial charge in [0.2, 0.25) is 0 Å². The summed E-state index contributed by atoms with van der Waals surface area (Å²) in [6, 6.07) is 3.09. The highest BCUT2D eigenvalue weighted by Gasteiger charge is 2.42. The second-order valence-corrected chi connectivity index (χ2v) is 3.79. The van der Waals surface area contributed by atoms with Gasteiger partial charge in [0.15, 0.2) is 0 Å². The van der Waals surface area contributed by atoms with E-state index < -0.39 is 12.1 Å². The van der Waals surface area contributed by atoms with E-state index in [-0.39, 0.29) is 18.9 Å². The van der Waals surface area contributed by atoms with Gasteiger partial charge in [0.25, 0.3) is 0 Å². The Balaban J connectivity index is 2.05. The number of alkyl halides is 3. The van der Waals surface area contributed by atoms with Crippen molar-refractivity contribution in [2.75, 3.05) is 6.54 Å². The van der Waals surface area contributed by atoms with Gasteiger partial charge in [0, 0.05) is 0 Å². The first-order valence-corrected chi connectivity index (χ1v) is 4.91. The number of furan rings is 1. The molecule has 0 radical (unpaired) electrons. The maximum atomic E-state index is 12.5. The molecular formula is C10H12F3NO. The monoisotopic (exact) mass is 219 g/mol. The van der Waals surface area contributed by atoms with Crippen LogP contribution < -0.4 is 5.32 Å². The zero-order valence-corrected chi connectivity index (χ0v) is 8.05. The Morgan fingerprint density at radius 1 is 1.40 bits per heavy atom. The molecule has 2 rings (SSSR count). The van der Waals surface area contributed by atoms with E-state index in [0.29, 0.717) is 12.3 Å². The fourth-order valence-corrected chi connectivity index (χ4v) is 1.92. The van der Waals surface area contributed by atoms with Crippen molar-refractivity contribution in [3.05, 3.63) is 24.2 Å². The van der Waals surface area contributed by atoms with E-state index >= 15 is 0 Å². The van der Waals surface area contributed by atoms with E-state index in [9.17, 15) is 13.2 Å². The summed E-state index contributed by atoms with van der Waals surface area (Å²) in [7, 11) is 0. The molecule has 0 saturated carbocycles. The summed E-state index contributed by atoms with van der Waals surface area (Å²) in [6.45, 7) is 0.384. The van der Waals surface area contributed by atoms with Crippen molar-refractivity contribution in [2.24, 2.45) is 5.92 Å². The van der Waals surface area contributed by atoms with E-state index in [4.69, 9.17) is 4.42 Å². The minimum absolute atomic E-state index is 0.0665. The van der Waals surface area contributed by atoms with Gasteiger partial charge in [-0.15, -0.1) is 0 Å². The standard InChI is InChI=1S/C10H12F3NO/c11-10(12,13)7-3-4-14-8(6-7)9-2-1-5-15-9/h1-2,5,7-8,14H,3-4,6H2. The quantitative estimate of drug-likeness (QED) is 0.785. The number of rotatable bonds is 1. The van der Waals surface area contributed by atoms with Crippen molar-refractivity contribution in [1.29, 1.82) is 0 Å². The third-order valence-corrected chi connectivity index (χ3v) is 2.75. The molecule has 2 unspecified atom stereocenters. The van der Waals surface area contributed by atoms with Crippen molar-refractivity contribution < 1.29 is 17.6 Å². The van der Waals surface area contributed by atoms with Gasteiger partial charge in [-0.05, 0) is 31.5 Å². The Bertz CT molecular complexity index is 307. The lowest BCUT2D eigenvalue weighted by atomic mass is 9.91. The van der Waals surface area contributed by atoms with Gasteiger partial charge in [-0.1, -0.05) is 0 Å². The molecule has 2 heterocycles. The minimum atomic E-state index is -4.09. The number of hydrogen-bond donors (Lipinski definition) is 1. The molecule has 1 aliphatic rings. The van der Waals surface area contributed by atoms with Crippen LogP contribution in [0, 0.1) is 5.92 Å². The number of hydrogen-bond acceptors (Lipinski definition) is 2. The highest BCUT2D eigenvalue weighted by molar-refractivity contribution is 5.06. The largest absolute Gasteiger partial charge is 0.468 e. The molecule has 0 bridgehead atoms. The first-order valence-electron chi connectivity index (χ1n) is 4.91. The molecule has 5 heteroatoms. The van der Waals surface area contributed by atoms with Crippen LogP contribution in [0.2, 0.25) is 0 Å². The molecular weight excluding hydrogens is 207 g/mol. The molecule has 0 aliphatic carbocycles. The molecule has 0 amide bonds. The zero-order chi connectivity index (χ0) is 10.9. The normalized spacial score (nSPS) is 27.9. The van der Waals surface area contributed by atoms with E-state index in [0.717, 1.165) is 0 Å². The van der Waals surface area contributed by atoms with Crippen molar-refractivity contribution >= 4 is 0 Å². The molecule has 2 atom stereocenters. The SMILES string of the molecule is FC(F)(F)C1CCNC(c2ccco2)C1. The van der Waals surface area contributed by atoms with Crippen LogP contribution in [0.5, 0.6) is 0 Å². The summed E-state index contributed by atoms with van der Waals surface area (Å²) < 4.78 is 42.6. The van der Waals surface area contributed by atoms with Crippen LogP contribution in [0.3, 0.4) is 0 Å². The number of piperidine rings is 1. The average Bonchev–Trinajstić information content (AvgIpc) is 2.69. The molecule has 1 aromatic rings. The molecule has 0 aromatic carbocycles. The predicted molar refractivity (Wildman–Crippen MR) is 48.2 cm³/mol. The minimum Gasteiger partial charge on any atom is -0.468 e. The summed E-state index contributed by atoms with van der Waals surface area (Å²) in [6.07, 6.45) is -2.39. The van der Waals surface area contributed by atoms with Crippen molar-refractivity contribution in [3.63, 3.8) is 0 Å². The highest BCUT2D eigenvalue weighted by atomic mass is 19.4. The van der Waals surface area contributed by atoms with E-state index in [2.05, 4.69) is 5.32 Å². The molecule has 1 aliphatic heterocycles. The molecule has 1 aromatic heterocycles. The first-order chi connectivity index (χ1) is 7.07. The van der Waals surface area contributed by atoms with E-state index in [1.807, 2.05) is 0 Å². The van der Waals surface area contributed by atoms with Gasteiger partial charge in [-0.2, -0.15) is 13.2 Å². The topological polar surface area (TPSA) is 25.2 Å². The van der Waals surface area contributed by atoms with Crippen LogP contribution in [-0.4, -0.2) is 12.7 Å². The Morgan fingerprint density at radius 3 is 2.80 bits per heavy atom. The van der Waals surface area contributed by atoms with Crippen LogP contribution in [0.25, 0.3) is 0 Å². The molecule has 1 fully saturated rings. The van der Waals surface area contributed by atoms with Crippen LogP contribution >= 0.6 is 0 Å². The second-order valence-electron chi connectivity index (χ2n) is 3.79. The third kappa shape index (κ3) is 2.34. The molecule has 1 saturated heterocycles. The number of nitrogens with one attached hydrogen (secondary N) is 1. The summed E-state index contributed by atoms with van der Waals surface area (Å²) in [5, 5.41) is 3.03. The van der Waals surface area contributed by atoms with E-state index in [1.165, 1.54) is 6.26 Å². The van der Waals surface area contributed by atoms with Crippen LogP contribution in [0.15, 0.2) is 22.8 Å². The Morgan fingerprint density at radius 2 is 2.20 bits per heavy atom. The van der Waals surface area contributed by atoms with Gasteiger partial charge in [0.1, 0.15) is 5.76 Å². The van der Waals surface area contributed by atoms with Crippen molar-refractivity contribution in [3.8, 4) is 0 Å². The third-order valence-electron chi connectivity index (χ3n) is 2.75. The maximum absolute atomic E-state index is 12.5. The van der Waals surface area contributed by atoms with Gasteiger partial charge < -0.3 is 9.73 Å². The summed E-state index contributed by atoms with van der Waals surface area (Å²) >= 11 is 0. The molecule has 1 N–H and O–H groups in total. The Hall–Kier alpha value is -0.970. The fraction of sp³-hybridized carbons (Fsp3) is 0.600. The summed E-state index contributed by atoms with van der Waals surface area (Å²) in [4.78, 5) is 0. The zero-order valence-electron chi connectivity index (χ0n) is 8.05.